The van der Waals surface area contributed by atoms with Crippen LogP contribution in [-0.2, 0) is 0 Å². The fraction of sp³-hybridized carbons (Fsp3) is 0.133. The Balaban J connectivity index is 2.33. The summed E-state index contributed by atoms with van der Waals surface area (Å²) in [5.74, 6) is 1.27. The van der Waals surface area contributed by atoms with Crippen LogP contribution in [0.5, 0.6) is 5.75 Å². The number of imidazole rings is 1. The van der Waals surface area contributed by atoms with Crippen molar-refractivity contribution in [2.24, 2.45) is 0 Å². The molecule has 2 heterocycles. The number of nitrogens with two attached hydrogens (primary N) is 1. The SMILES string of the molecule is COc1ccc(Cl)cc1-c1nc2c(C)cccn2c1N. The number of ether oxygens (including phenoxy) is 1. The number of anilines is 1. The number of fused-ring (bicyclic) bond motifs is 1. The van der Waals surface area contributed by atoms with Crippen LogP contribution in [0.3, 0.4) is 0 Å². The summed E-state index contributed by atoms with van der Waals surface area (Å²) in [5, 5.41) is 0.619. The maximum Gasteiger partial charge on any atom is 0.142 e. The van der Waals surface area contributed by atoms with Crippen LogP contribution in [0.15, 0.2) is 36.5 Å². The fourth-order valence-corrected chi connectivity index (χ4v) is 2.46. The minimum absolute atomic E-state index is 0.573. The average molecular weight is 288 g/mol. The number of halogens is 1. The lowest BCUT2D eigenvalue weighted by Gasteiger charge is -2.07. The van der Waals surface area contributed by atoms with E-state index in [2.05, 4.69) is 4.98 Å². The van der Waals surface area contributed by atoms with Gasteiger partial charge in [0, 0.05) is 16.8 Å². The highest BCUT2D eigenvalue weighted by Crippen LogP contribution is 2.35. The number of aromatic nitrogens is 2. The van der Waals surface area contributed by atoms with E-state index in [0.717, 1.165) is 16.8 Å². The Morgan fingerprint density at radius 1 is 1.30 bits per heavy atom. The van der Waals surface area contributed by atoms with E-state index in [-0.39, 0.29) is 0 Å². The van der Waals surface area contributed by atoms with Gasteiger partial charge in [0.1, 0.15) is 22.9 Å². The molecule has 0 fully saturated rings. The molecular weight excluding hydrogens is 274 g/mol. The highest BCUT2D eigenvalue weighted by molar-refractivity contribution is 6.31. The molecule has 3 aromatic rings. The van der Waals surface area contributed by atoms with Gasteiger partial charge < -0.3 is 10.5 Å². The van der Waals surface area contributed by atoms with Crippen molar-refractivity contribution in [3.05, 3.63) is 47.1 Å². The Bertz CT molecular complexity index is 795. The average Bonchev–Trinajstić information content (AvgIpc) is 2.78. The molecule has 0 saturated carbocycles. The number of hydrogen-bond acceptors (Lipinski definition) is 3. The van der Waals surface area contributed by atoms with E-state index in [1.807, 2.05) is 41.8 Å². The van der Waals surface area contributed by atoms with Gasteiger partial charge in [0.2, 0.25) is 0 Å². The molecule has 0 aliphatic heterocycles. The predicted octanol–water partition coefficient (Wildman–Crippen LogP) is 3.55. The van der Waals surface area contributed by atoms with Gasteiger partial charge in [-0.15, -0.1) is 0 Å². The number of nitrogen functional groups attached to an aromatic ring is 1. The van der Waals surface area contributed by atoms with Crippen molar-refractivity contribution in [2.75, 3.05) is 12.8 Å². The van der Waals surface area contributed by atoms with Gasteiger partial charge in [-0.25, -0.2) is 4.98 Å². The third-order valence-electron chi connectivity index (χ3n) is 3.30. The molecule has 2 N–H and O–H groups in total. The molecule has 4 nitrogen and oxygen atoms in total. The topological polar surface area (TPSA) is 52.5 Å². The highest BCUT2D eigenvalue weighted by Gasteiger charge is 2.16. The lowest BCUT2D eigenvalue weighted by Crippen LogP contribution is -1.95. The maximum absolute atomic E-state index is 6.22. The van der Waals surface area contributed by atoms with Crippen LogP contribution < -0.4 is 10.5 Å². The van der Waals surface area contributed by atoms with Crippen molar-refractivity contribution >= 4 is 23.1 Å². The second-order valence-electron chi connectivity index (χ2n) is 4.58. The Morgan fingerprint density at radius 3 is 2.80 bits per heavy atom. The molecule has 0 amide bonds. The van der Waals surface area contributed by atoms with Crippen LogP contribution in [0.1, 0.15) is 5.56 Å². The molecule has 0 spiro atoms. The van der Waals surface area contributed by atoms with Gasteiger partial charge in [0.25, 0.3) is 0 Å². The van der Waals surface area contributed by atoms with Crippen molar-refractivity contribution in [1.82, 2.24) is 9.38 Å². The molecule has 0 atom stereocenters. The second-order valence-corrected chi connectivity index (χ2v) is 5.01. The van der Waals surface area contributed by atoms with Crippen LogP contribution in [0.4, 0.5) is 5.82 Å². The van der Waals surface area contributed by atoms with E-state index in [1.54, 1.807) is 13.2 Å². The quantitative estimate of drug-likeness (QED) is 0.784. The first-order valence-corrected chi connectivity index (χ1v) is 6.56. The first-order valence-electron chi connectivity index (χ1n) is 6.19. The fourth-order valence-electron chi connectivity index (χ4n) is 2.29. The molecule has 0 saturated heterocycles. The molecule has 2 aromatic heterocycles. The van der Waals surface area contributed by atoms with E-state index < -0.39 is 0 Å². The van der Waals surface area contributed by atoms with Crippen LogP contribution >= 0.6 is 11.6 Å². The van der Waals surface area contributed by atoms with Crippen LogP contribution in [0.2, 0.25) is 5.02 Å². The number of hydrogen-bond donors (Lipinski definition) is 1. The molecule has 0 unspecified atom stereocenters. The monoisotopic (exact) mass is 287 g/mol. The summed E-state index contributed by atoms with van der Waals surface area (Å²) in [6, 6.07) is 9.35. The molecule has 0 aliphatic carbocycles. The van der Waals surface area contributed by atoms with Gasteiger partial charge in [0.15, 0.2) is 0 Å². The zero-order valence-electron chi connectivity index (χ0n) is 11.2. The third kappa shape index (κ3) is 1.89. The van der Waals surface area contributed by atoms with Crippen molar-refractivity contribution < 1.29 is 4.74 Å². The standard InChI is InChI=1S/C15H14ClN3O/c1-9-4-3-7-19-14(17)13(18-15(9)19)11-8-10(16)5-6-12(11)20-2/h3-8H,17H2,1-2H3. The molecule has 1 aromatic carbocycles. The van der Waals surface area contributed by atoms with Crippen molar-refractivity contribution in [1.29, 1.82) is 0 Å². The summed E-state index contributed by atoms with van der Waals surface area (Å²) < 4.78 is 7.24. The smallest absolute Gasteiger partial charge is 0.142 e. The van der Waals surface area contributed by atoms with Gasteiger partial charge in [-0.05, 0) is 36.8 Å². The van der Waals surface area contributed by atoms with Crippen molar-refractivity contribution in [2.45, 2.75) is 6.92 Å². The van der Waals surface area contributed by atoms with E-state index >= 15 is 0 Å². The number of aryl methyl sites for hydroxylation is 1. The third-order valence-corrected chi connectivity index (χ3v) is 3.53. The number of nitrogens with zero attached hydrogens (tertiary/aromatic N) is 2. The summed E-state index contributed by atoms with van der Waals surface area (Å²) in [5.41, 5.74) is 9.58. The first-order chi connectivity index (χ1) is 9.61. The number of pyridine rings is 1. The molecule has 0 aliphatic rings. The highest BCUT2D eigenvalue weighted by atomic mass is 35.5. The summed E-state index contributed by atoms with van der Waals surface area (Å²) in [4.78, 5) is 4.63. The van der Waals surface area contributed by atoms with E-state index in [4.69, 9.17) is 22.1 Å². The number of rotatable bonds is 2. The van der Waals surface area contributed by atoms with Crippen LogP contribution in [0.25, 0.3) is 16.9 Å². The molecule has 3 rings (SSSR count). The first kappa shape index (κ1) is 12.8. The molecular formula is C15H14ClN3O. The molecule has 0 bridgehead atoms. The Kier molecular flexibility index (Phi) is 3.03. The molecule has 20 heavy (non-hydrogen) atoms. The van der Waals surface area contributed by atoms with E-state index in [9.17, 15) is 0 Å². The summed E-state index contributed by atoms with van der Waals surface area (Å²) in [7, 11) is 1.62. The number of benzene rings is 1. The predicted molar refractivity (Wildman–Crippen MR) is 81.3 cm³/mol. The minimum Gasteiger partial charge on any atom is -0.496 e. The van der Waals surface area contributed by atoms with E-state index in [0.29, 0.717) is 22.3 Å². The maximum atomic E-state index is 6.22. The Morgan fingerprint density at radius 2 is 2.10 bits per heavy atom. The lowest BCUT2D eigenvalue weighted by atomic mass is 10.1. The van der Waals surface area contributed by atoms with Gasteiger partial charge in [-0.2, -0.15) is 0 Å². The second kappa shape index (κ2) is 4.72. The van der Waals surface area contributed by atoms with Crippen LogP contribution in [-0.4, -0.2) is 16.5 Å². The lowest BCUT2D eigenvalue weighted by molar-refractivity contribution is 0.416. The zero-order valence-corrected chi connectivity index (χ0v) is 12.0. The Labute approximate surface area is 121 Å². The van der Waals surface area contributed by atoms with E-state index in [1.165, 1.54) is 0 Å². The van der Waals surface area contributed by atoms with Gasteiger partial charge >= 0.3 is 0 Å². The van der Waals surface area contributed by atoms with Gasteiger partial charge in [-0.3, -0.25) is 4.40 Å². The molecule has 5 heteroatoms. The summed E-state index contributed by atoms with van der Waals surface area (Å²) in [6.07, 6.45) is 1.89. The van der Waals surface area contributed by atoms with Crippen LogP contribution in [0, 0.1) is 6.92 Å². The Hall–Kier alpha value is -2.20. The van der Waals surface area contributed by atoms with Crippen molar-refractivity contribution in [3.8, 4) is 17.0 Å². The van der Waals surface area contributed by atoms with Crippen molar-refractivity contribution in [3.63, 3.8) is 0 Å². The largest absolute Gasteiger partial charge is 0.496 e. The minimum atomic E-state index is 0.573. The molecule has 102 valence electrons. The number of methoxy groups -OCH3 is 1. The molecule has 0 radical (unpaired) electrons. The normalized spacial score (nSPS) is 10.9. The van der Waals surface area contributed by atoms with Gasteiger partial charge in [-0.1, -0.05) is 17.7 Å². The van der Waals surface area contributed by atoms with Gasteiger partial charge in [0.05, 0.1) is 7.11 Å². The zero-order chi connectivity index (χ0) is 14.3. The summed E-state index contributed by atoms with van der Waals surface area (Å²) in [6.45, 7) is 2.00. The summed E-state index contributed by atoms with van der Waals surface area (Å²) >= 11 is 6.08.